The number of benzene rings is 1. The molecule has 0 saturated heterocycles. The highest BCUT2D eigenvalue weighted by Crippen LogP contribution is 2.33. The predicted molar refractivity (Wildman–Crippen MR) is 93.5 cm³/mol. The van der Waals surface area contributed by atoms with Gasteiger partial charge < -0.3 is 10.3 Å². The van der Waals surface area contributed by atoms with Gasteiger partial charge in [-0.3, -0.25) is 14.7 Å². The van der Waals surface area contributed by atoms with Crippen molar-refractivity contribution in [3.8, 4) is 11.3 Å². The molecule has 5 nitrogen and oxygen atoms in total. The van der Waals surface area contributed by atoms with E-state index in [0.717, 1.165) is 29.1 Å². The van der Waals surface area contributed by atoms with Gasteiger partial charge in [0.1, 0.15) is 5.82 Å². The van der Waals surface area contributed by atoms with E-state index >= 15 is 0 Å². The first-order valence-electron chi connectivity index (χ1n) is 8.02. The van der Waals surface area contributed by atoms with Crippen LogP contribution in [0.2, 0.25) is 0 Å². The SMILES string of the molecule is CN1Cc2cccnc2-c2c(C(=O)Nc3cccc(F)c3)c[nH]c2C1. The molecule has 126 valence electrons. The van der Waals surface area contributed by atoms with E-state index in [2.05, 4.69) is 20.2 Å². The lowest BCUT2D eigenvalue weighted by Crippen LogP contribution is -2.15. The number of carbonyl (C=O) groups excluding carboxylic acids is 1. The average Bonchev–Trinajstić information content (AvgIpc) is 2.92. The van der Waals surface area contributed by atoms with E-state index < -0.39 is 0 Å². The quantitative estimate of drug-likeness (QED) is 0.754. The molecular weight excluding hydrogens is 319 g/mol. The number of aromatic amines is 1. The molecule has 0 bridgehead atoms. The van der Waals surface area contributed by atoms with Gasteiger partial charge in [-0.15, -0.1) is 0 Å². The summed E-state index contributed by atoms with van der Waals surface area (Å²) >= 11 is 0. The minimum absolute atomic E-state index is 0.288. The summed E-state index contributed by atoms with van der Waals surface area (Å²) in [5, 5.41) is 2.76. The predicted octanol–water partition coefficient (Wildman–Crippen LogP) is 3.41. The third-order valence-electron chi connectivity index (χ3n) is 4.29. The summed E-state index contributed by atoms with van der Waals surface area (Å²) in [6.07, 6.45) is 3.42. The summed E-state index contributed by atoms with van der Waals surface area (Å²) in [7, 11) is 2.03. The van der Waals surface area contributed by atoms with Crippen LogP contribution in [0.5, 0.6) is 0 Å². The highest BCUT2D eigenvalue weighted by molar-refractivity contribution is 6.09. The molecule has 0 atom stereocenters. The molecular formula is C19H17FN4O. The fraction of sp³-hybridized carbons (Fsp3) is 0.158. The van der Waals surface area contributed by atoms with Crippen molar-refractivity contribution in [1.29, 1.82) is 0 Å². The average molecular weight is 336 g/mol. The number of nitrogens with zero attached hydrogens (tertiary/aromatic N) is 2. The Labute approximate surface area is 144 Å². The van der Waals surface area contributed by atoms with Gasteiger partial charge in [0.15, 0.2) is 0 Å². The van der Waals surface area contributed by atoms with Gasteiger partial charge >= 0.3 is 0 Å². The molecule has 1 aliphatic rings. The molecule has 2 aromatic heterocycles. The second kappa shape index (κ2) is 6.14. The maximum atomic E-state index is 13.4. The third kappa shape index (κ3) is 2.92. The molecule has 0 radical (unpaired) electrons. The van der Waals surface area contributed by atoms with Crippen LogP contribution in [0.3, 0.4) is 0 Å². The van der Waals surface area contributed by atoms with Gasteiger partial charge in [-0.25, -0.2) is 4.39 Å². The second-order valence-electron chi connectivity index (χ2n) is 6.20. The number of fused-ring (bicyclic) bond motifs is 3. The Morgan fingerprint density at radius 1 is 1.28 bits per heavy atom. The summed E-state index contributed by atoms with van der Waals surface area (Å²) in [6, 6.07) is 9.78. The molecule has 1 aromatic carbocycles. The van der Waals surface area contributed by atoms with Gasteiger partial charge in [0.2, 0.25) is 0 Å². The number of anilines is 1. The summed E-state index contributed by atoms with van der Waals surface area (Å²) in [4.78, 5) is 22.6. The summed E-state index contributed by atoms with van der Waals surface area (Å²) in [5.74, 6) is -0.677. The summed E-state index contributed by atoms with van der Waals surface area (Å²) < 4.78 is 13.4. The summed E-state index contributed by atoms with van der Waals surface area (Å²) in [6.45, 7) is 1.45. The molecule has 6 heteroatoms. The molecule has 0 fully saturated rings. The van der Waals surface area contributed by atoms with Crippen molar-refractivity contribution in [1.82, 2.24) is 14.9 Å². The fourth-order valence-electron chi connectivity index (χ4n) is 3.21. The normalized spacial score (nSPS) is 13.7. The first kappa shape index (κ1) is 15.5. The van der Waals surface area contributed by atoms with Crippen molar-refractivity contribution in [2.24, 2.45) is 0 Å². The van der Waals surface area contributed by atoms with E-state index in [1.807, 2.05) is 19.2 Å². The zero-order valence-electron chi connectivity index (χ0n) is 13.7. The van der Waals surface area contributed by atoms with Crippen LogP contribution < -0.4 is 5.32 Å². The molecule has 25 heavy (non-hydrogen) atoms. The number of nitrogens with one attached hydrogen (secondary N) is 2. The number of amides is 1. The molecule has 3 aromatic rings. The van der Waals surface area contributed by atoms with Gasteiger partial charge in [-0.1, -0.05) is 12.1 Å². The number of pyridine rings is 1. The van der Waals surface area contributed by atoms with Crippen LogP contribution in [0.15, 0.2) is 48.8 Å². The van der Waals surface area contributed by atoms with Crippen molar-refractivity contribution in [3.63, 3.8) is 0 Å². The van der Waals surface area contributed by atoms with Gasteiger partial charge in [0, 0.05) is 42.4 Å². The Balaban J connectivity index is 1.76. The number of rotatable bonds is 2. The number of hydrogen-bond donors (Lipinski definition) is 2. The van der Waals surface area contributed by atoms with E-state index in [1.54, 1.807) is 24.5 Å². The number of carbonyl (C=O) groups is 1. The lowest BCUT2D eigenvalue weighted by atomic mass is 10.0. The summed E-state index contributed by atoms with van der Waals surface area (Å²) in [5.41, 5.74) is 4.58. The largest absolute Gasteiger partial charge is 0.363 e. The zero-order chi connectivity index (χ0) is 17.4. The lowest BCUT2D eigenvalue weighted by molar-refractivity contribution is 0.102. The van der Waals surface area contributed by atoms with E-state index in [9.17, 15) is 9.18 Å². The second-order valence-corrected chi connectivity index (χ2v) is 6.20. The van der Waals surface area contributed by atoms with Crippen molar-refractivity contribution in [2.75, 3.05) is 12.4 Å². The molecule has 2 N–H and O–H groups in total. The van der Waals surface area contributed by atoms with Crippen LogP contribution in [-0.2, 0) is 13.1 Å². The number of aromatic nitrogens is 2. The highest BCUT2D eigenvalue weighted by Gasteiger charge is 2.25. The molecule has 0 unspecified atom stereocenters. The van der Waals surface area contributed by atoms with Crippen LogP contribution in [0, 0.1) is 5.82 Å². The molecule has 1 amide bonds. The van der Waals surface area contributed by atoms with Gasteiger partial charge in [-0.2, -0.15) is 0 Å². The fourth-order valence-corrected chi connectivity index (χ4v) is 3.21. The van der Waals surface area contributed by atoms with Crippen molar-refractivity contribution in [3.05, 3.63) is 71.4 Å². The minimum atomic E-state index is -0.390. The highest BCUT2D eigenvalue weighted by atomic mass is 19.1. The topological polar surface area (TPSA) is 61.0 Å². The lowest BCUT2D eigenvalue weighted by Gasteiger charge is -2.13. The van der Waals surface area contributed by atoms with Crippen LogP contribution in [0.1, 0.15) is 21.6 Å². The first-order valence-corrected chi connectivity index (χ1v) is 8.02. The Bertz CT molecular complexity index is 950. The zero-order valence-corrected chi connectivity index (χ0v) is 13.7. The Morgan fingerprint density at radius 2 is 2.16 bits per heavy atom. The van der Waals surface area contributed by atoms with Crippen LogP contribution >= 0.6 is 0 Å². The number of halogens is 1. The van der Waals surface area contributed by atoms with Crippen molar-refractivity contribution in [2.45, 2.75) is 13.1 Å². The van der Waals surface area contributed by atoms with Crippen molar-refractivity contribution < 1.29 is 9.18 Å². The van der Waals surface area contributed by atoms with E-state index in [4.69, 9.17) is 0 Å². The molecule has 4 rings (SSSR count). The van der Waals surface area contributed by atoms with E-state index in [1.165, 1.54) is 12.1 Å². The van der Waals surface area contributed by atoms with Gasteiger partial charge in [0.25, 0.3) is 5.91 Å². The number of H-pyrrole nitrogens is 1. The van der Waals surface area contributed by atoms with E-state index in [0.29, 0.717) is 17.8 Å². The molecule has 0 spiro atoms. The standard InChI is InChI=1S/C19H17FN4O/c1-24-10-12-4-3-7-21-18(12)17-15(9-22-16(17)11-24)19(25)23-14-6-2-5-13(20)8-14/h2-9,22H,10-11H2,1H3,(H,23,25). The maximum absolute atomic E-state index is 13.4. The van der Waals surface area contributed by atoms with Gasteiger partial charge in [-0.05, 0) is 36.9 Å². The minimum Gasteiger partial charge on any atom is -0.363 e. The molecule has 0 saturated carbocycles. The molecule has 1 aliphatic heterocycles. The van der Waals surface area contributed by atoms with Gasteiger partial charge in [0.05, 0.1) is 11.3 Å². The Morgan fingerprint density at radius 3 is 3.00 bits per heavy atom. The maximum Gasteiger partial charge on any atom is 0.257 e. The number of hydrogen-bond acceptors (Lipinski definition) is 3. The Kier molecular flexibility index (Phi) is 3.82. The molecule has 0 aliphatic carbocycles. The smallest absolute Gasteiger partial charge is 0.257 e. The third-order valence-corrected chi connectivity index (χ3v) is 4.29. The van der Waals surface area contributed by atoms with Crippen LogP contribution in [0.4, 0.5) is 10.1 Å². The monoisotopic (exact) mass is 336 g/mol. The molecule has 3 heterocycles. The Hall–Kier alpha value is -2.99. The van der Waals surface area contributed by atoms with E-state index in [-0.39, 0.29) is 11.7 Å². The first-order chi connectivity index (χ1) is 12.1. The van der Waals surface area contributed by atoms with Crippen LogP contribution in [-0.4, -0.2) is 27.8 Å². The van der Waals surface area contributed by atoms with Crippen molar-refractivity contribution >= 4 is 11.6 Å². The van der Waals surface area contributed by atoms with Crippen LogP contribution in [0.25, 0.3) is 11.3 Å².